The number of fused-ring (bicyclic) bond motifs is 2. The van der Waals surface area contributed by atoms with Gasteiger partial charge in [0.05, 0.1) is 11.3 Å². The molecule has 41 heavy (non-hydrogen) atoms. The summed E-state index contributed by atoms with van der Waals surface area (Å²) in [5.74, 6) is -0.425. The van der Waals surface area contributed by atoms with E-state index >= 15 is 0 Å². The first-order valence-electron chi connectivity index (χ1n) is 13.4. The molecule has 8 nitrogen and oxygen atoms in total. The average Bonchev–Trinajstić information content (AvgIpc) is 3.61. The van der Waals surface area contributed by atoms with Crippen LogP contribution in [0, 0.1) is 5.82 Å². The predicted octanol–water partition coefficient (Wildman–Crippen LogP) is 6.47. The van der Waals surface area contributed by atoms with E-state index in [0.29, 0.717) is 52.0 Å². The van der Waals surface area contributed by atoms with E-state index in [0.717, 1.165) is 24.1 Å². The number of furan rings is 1. The van der Waals surface area contributed by atoms with Crippen LogP contribution >= 0.6 is 11.9 Å². The van der Waals surface area contributed by atoms with Gasteiger partial charge < -0.3 is 23.4 Å². The first kappa shape index (κ1) is 26.9. The van der Waals surface area contributed by atoms with Gasteiger partial charge in [-0.1, -0.05) is 24.1 Å². The van der Waals surface area contributed by atoms with Gasteiger partial charge in [0, 0.05) is 56.4 Å². The summed E-state index contributed by atoms with van der Waals surface area (Å²) in [6, 6.07) is 17.2. The summed E-state index contributed by atoms with van der Waals surface area (Å²) in [7, 11) is 3.55. The molecule has 0 unspecified atom stereocenters. The van der Waals surface area contributed by atoms with Crippen molar-refractivity contribution in [2.75, 3.05) is 37.7 Å². The van der Waals surface area contributed by atoms with Crippen molar-refractivity contribution < 1.29 is 22.8 Å². The van der Waals surface area contributed by atoms with Crippen LogP contribution < -0.4 is 9.62 Å². The molecule has 1 aliphatic heterocycles. The van der Waals surface area contributed by atoms with Crippen molar-refractivity contribution in [1.29, 1.82) is 0 Å². The maximum atomic E-state index is 13.7. The molecule has 6 rings (SSSR count). The molecule has 1 atom stereocenters. The van der Waals surface area contributed by atoms with Crippen LogP contribution in [0.5, 0.6) is 0 Å². The summed E-state index contributed by atoms with van der Waals surface area (Å²) in [6.07, 6.45) is 3.67. The standard InChI is InChI=1S/C31H29FN4O4S/c1-33-29(37)27-22-15-21(24(35(2)41-3)16-26(22)39-28(27)18-10-12-20(32)13-11-18)19-7-6-14-36(17-19)31(38)30-34-23-8-4-5-9-25(23)40-30/h4-5,8-13,15-16,19H,6-7,14,17H2,1-3H3,(H,33,37)/t19-/m1/s1. The molecule has 1 saturated heterocycles. The molecule has 2 amide bonds. The minimum atomic E-state index is -0.369. The van der Waals surface area contributed by atoms with Crippen molar-refractivity contribution in [3.8, 4) is 11.3 Å². The molecule has 10 heteroatoms. The number of carbonyl (C=O) groups excluding carboxylic acids is 2. The molecule has 3 heterocycles. The molecule has 5 aromatic rings. The summed E-state index contributed by atoms with van der Waals surface area (Å²) in [5.41, 5.74) is 4.74. The third-order valence-corrected chi connectivity index (χ3v) is 8.38. The lowest BCUT2D eigenvalue weighted by atomic mass is 9.88. The van der Waals surface area contributed by atoms with E-state index in [1.807, 2.05) is 43.6 Å². The number of benzene rings is 3. The lowest BCUT2D eigenvalue weighted by molar-refractivity contribution is 0.0669. The number of halogens is 1. The number of amides is 2. The van der Waals surface area contributed by atoms with E-state index in [2.05, 4.69) is 14.6 Å². The van der Waals surface area contributed by atoms with Crippen LogP contribution in [0.1, 0.15) is 45.4 Å². The molecular formula is C31H29FN4O4S. The molecule has 0 saturated carbocycles. The molecule has 1 N–H and O–H groups in total. The fourth-order valence-electron chi connectivity index (χ4n) is 5.52. The minimum Gasteiger partial charge on any atom is -0.455 e. The highest BCUT2D eigenvalue weighted by atomic mass is 32.2. The van der Waals surface area contributed by atoms with Gasteiger partial charge in [-0.3, -0.25) is 9.59 Å². The summed E-state index contributed by atoms with van der Waals surface area (Å²) in [5, 5.41) is 3.39. The fraction of sp³-hybridized carbons (Fsp3) is 0.258. The Balaban J connectivity index is 1.42. The van der Waals surface area contributed by atoms with Gasteiger partial charge in [0.25, 0.3) is 11.8 Å². The van der Waals surface area contributed by atoms with E-state index in [4.69, 9.17) is 8.83 Å². The Morgan fingerprint density at radius 3 is 2.61 bits per heavy atom. The van der Waals surface area contributed by atoms with Crippen molar-refractivity contribution in [3.05, 3.63) is 83.5 Å². The Bertz CT molecular complexity index is 1730. The van der Waals surface area contributed by atoms with Gasteiger partial charge in [0.2, 0.25) is 0 Å². The van der Waals surface area contributed by atoms with Crippen LogP contribution in [0.15, 0.2) is 69.5 Å². The van der Waals surface area contributed by atoms with Crippen molar-refractivity contribution in [1.82, 2.24) is 15.2 Å². The Labute approximate surface area is 240 Å². The summed E-state index contributed by atoms with van der Waals surface area (Å²) in [6.45, 7) is 1.09. The monoisotopic (exact) mass is 572 g/mol. The van der Waals surface area contributed by atoms with Crippen LogP contribution in [-0.2, 0) is 0 Å². The average molecular weight is 573 g/mol. The largest absolute Gasteiger partial charge is 0.455 e. The Hall–Kier alpha value is -4.31. The minimum absolute atomic E-state index is 0.00721. The molecular weight excluding hydrogens is 543 g/mol. The maximum absolute atomic E-state index is 13.7. The van der Waals surface area contributed by atoms with Gasteiger partial charge in [-0.15, -0.1) is 0 Å². The molecule has 3 aromatic carbocycles. The second-order valence-corrected chi connectivity index (χ2v) is 11.0. The van der Waals surface area contributed by atoms with Crippen LogP contribution in [-0.4, -0.2) is 55.1 Å². The molecule has 210 valence electrons. The van der Waals surface area contributed by atoms with Gasteiger partial charge >= 0.3 is 5.91 Å². The van der Waals surface area contributed by atoms with E-state index < -0.39 is 0 Å². The van der Waals surface area contributed by atoms with E-state index in [9.17, 15) is 14.0 Å². The Kier molecular flexibility index (Phi) is 7.17. The zero-order valence-electron chi connectivity index (χ0n) is 22.9. The Morgan fingerprint density at radius 1 is 1.10 bits per heavy atom. The number of piperidine rings is 1. The van der Waals surface area contributed by atoms with Crippen molar-refractivity contribution in [3.63, 3.8) is 0 Å². The van der Waals surface area contributed by atoms with Crippen molar-refractivity contribution in [2.45, 2.75) is 18.8 Å². The molecule has 0 radical (unpaired) electrons. The lowest BCUT2D eigenvalue weighted by Crippen LogP contribution is -2.39. The highest BCUT2D eigenvalue weighted by molar-refractivity contribution is 7.99. The molecule has 0 bridgehead atoms. The molecule has 1 fully saturated rings. The zero-order valence-corrected chi connectivity index (χ0v) is 23.8. The second-order valence-electron chi connectivity index (χ2n) is 10.1. The number of carbonyl (C=O) groups is 2. The molecule has 0 spiro atoms. The van der Waals surface area contributed by atoms with Gasteiger partial charge in [-0.2, -0.15) is 0 Å². The van der Waals surface area contributed by atoms with Gasteiger partial charge in [-0.25, -0.2) is 9.37 Å². The SMILES string of the molecule is CNC(=O)c1c(-c2ccc(F)cc2)oc2cc(N(C)SC)c([C@@H]3CCCN(C(=O)c4nc5ccccc5o4)C3)cc12. The number of likely N-dealkylation sites (tertiary alicyclic amines) is 1. The number of hydrogen-bond donors (Lipinski definition) is 1. The number of nitrogens with zero attached hydrogens (tertiary/aromatic N) is 3. The van der Waals surface area contributed by atoms with E-state index in [1.54, 1.807) is 42.1 Å². The number of anilines is 1. The summed E-state index contributed by atoms with van der Waals surface area (Å²) >= 11 is 1.56. The number of nitrogens with one attached hydrogen (secondary N) is 1. The first-order valence-corrected chi connectivity index (χ1v) is 14.6. The lowest BCUT2D eigenvalue weighted by Gasteiger charge is -2.34. The van der Waals surface area contributed by atoms with E-state index in [-0.39, 0.29) is 29.4 Å². The van der Waals surface area contributed by atoms with Gasteiger partial charge in [0.1, 0.15) is 22.7 Å². The third-order valence-electron chi connectivity index (χ3n) is 7.64. The zero-order chi connectivity index (χ0) is 28.7. The third kappa shape index (κ3) is 4.93. The maximum Gasteiger partial charge on any atom is 0.309 e. The smallest absolute Gasteiger partial charge is 0.309 e. The second kappa shape index (κ2) is 10.9. The normalized spacial score (nSPS) is 15.4. The number of rotatable bonds is 6. The van der Waals surface area contributed by atoms with Crippen LogP contribution in [0.2, 0.25) is 0 Å². The van der Waals surface area contributed by atoms with Gasteiger partial charge in [-0.05, 0) is 60.9 Å². The predicted molar refractivity (Wildman–Crippen MR) is 159 cm³/mol. The number of para-hydroxylation sites is 2. The molecule has 1 aliphatic rings. The van der Waals surface area contributed by atoms with E-state index in [1.165, 1.54) is 12.1 Å². The van der Waals surface area contributed by atoms with Crippen molar-refractivity contribution in [2.24, 2.45) is 0 Å². The molecule has 0 aliphatic carbocycles. The summed E-state index contributed by atoms with van der Waals surface area (Å²) in [4.78, 5) is 32.8. The highest BCUT2D eigenvalue weighted by Gasteiger charge is 2.32. The van der Waals surface area contributed by atoms with Crippen LogP contribution in [0.4, 0.5) is 10.1 Å². The Morgan fingerprint density at radius 2 is 1.88 bits per heavy atom. The van der Waals surface area contributed by atoms with Gasteiger partial charge in [0.15, 0.2) is 5.58 Å². The highest BCUT2D eigenvalue weighted by Crippen LogP contribution is 2.42. The summed E-state index contributed by atoms with van der Waals surface area (Å²) < 4.78 is 27.8. The fourth-order valence-corrected chi connectivity index (χ4v) is 5.87. The van der Waals surface area contributed by atoms with Crippen LogP contribution in [0.3, 0.4) is 0 Å². The quantitative estimate of drug-likeness (QED) is 0.233. The number of hydrogen-bond acceptors (Lipinski definition) is 7. The molecule has 2 aromatic heterocycles. The number of oxazole rings is 1. The van der Waals surface area contributed by atoms with Crippen LogP contribution in [0.25, 0.3) is 33.4 Å². The number of aromatic nitrogens is 1. The first-order chi connectivity index (χ1) is 19.9. The topological polar surface area (TPSA) is 91.8 Å². The van der Waals surface area contributed by atoms with Crippen molar-refractivity contribution >= 4 is 51.5 Å².